The highest BCUT2D eigenvalue weighted by Gasteiger charge is 2.27. The molecule has 2 atom stereocenters. The van der Waals surface area contributed by atoms with Crippen LogP contribution < -0.4 is 10.6 Å². The zero-order valence-corrected chi connectivity index (χ0v) is 18.6. The first-order valence-electron chi connectivity index (χ1n) is 9.62. The Hall–Kier alpha value is -1.67. The van der Waals surface area contributed by atoms with E-state index in [1.54, 1.807) is 7.05 Å². The molecule has 0 bridgehead atoms. The number of halogens is 2. The van der Waals surface area contributed by atoms with E-state index in [9.17, 15) is 4.39 Å². The van der Waals surface area contributed by atoms with Crippen LogP contribution in [0, 0.1) is 11.7 Å². The van der Waals surface area contributed by atoms with Crippen molar-refractivity contribution in [1.29, 1.82) is 0 Å². The van der Waals surface area contributed by atoms with Crippen molar-refractivity contribution in [2.75, 3.05) is 26.7 Å². The van der Waals surface area contributed by atoms with Gasteiger partial charge in [0.05, 0.1) is 6.10 Å². The van der Waals surface area contributed by atoms with Crippen LogP contribution in [0.5, 0.6) is 0 Å². The molecule has 28 heavy (non-hydrogen) atoms. The molecule has 0 spiro atoms. The molecule has 0 aromatic heterocycles. The van der Waals surface area contributed by atoms with Crippen molar-refractivity contribution in [3.05, 3.63) is 71.5 Å². The summed E-state index contributed by atoms with van der Waals surface area (Å²) in [6, 6.07) is 17.1. The van der Waals surface area contributed by atoms with Crippen molar-refractivity contribution in [1.82, 2.24) is 10.6 Å². The summed E-state index contributed by atoms with van der Waals surface area (Å²) in [4.78, 5) is 4.31. The number of nitrogens with zero attached hydrogens (tertiary/aromatic N) is 1. The van der Waals surface area contributed by atoms with Gasteiger partial charge in [-0.15, -0.1) is 24.0 Å². The van der Waals surface area contributed by atoms with Crippen LogP contribution in [0.4, 0.5) is 4.39 Å². The lowest BCUT2D eigenvalue weighted by Gasteiger charge is -2.32. The first-order chi connectivity index (χ1) is 13.3. The van der Waals surface area contributed by atoms with Gasteiger partial charge in [0.15, 0.2) is 5.96 Å². The third-order valence-electron chi connectivity index (χ3n) is 4.95. The van der Waals surface area contributed by atoms with Gasteiger partial charge >= 0.3 is 0 Å². The summed E-state index contributed by atoms with van der Waals surface area (Å²) in [5.41, 5.74) is 2.34. The zero-order chi connectivity index (χ0) is 18.9. The number of nitrogens with one attached hydrogen (secondary N) is 2. The van der Waals surface area contributed by atoms with E-state index in [-0.39, 0.29) is 35.9 Å². The van der Waals surface area contributed by atoms with E-state index in [0.29, 0.717) is 5.92 Å². The maximum atomic E-state index is 13.0. The second kappa shape index (κ2) is 12.0. The summed E-state index contributed by atoms with van der Waals surface area (Å²) in [5.74, 6) is 0.998. The topological polar surface area (TPSA) is 45.7 Å². The molecule has 1 saturated heterocycles. The highest BCUT2D eigenvalue weighted by atomic mass is 127. The van der Waals surface area contributed by atoms with E-state index in [0.717, 1.165) is 50.5 Å². The molecule has 152 valence electrons. The Morgan fingerprint density at radius 1 is 1.11 bits per heavy atom. The van der Waals surface area contributed by atoms with Crippen molar-refractivity contribution in [3.8, 4) is 0 Å². The number of ether oxygens (including phenoxy) is 1. The number of guanidine groups is 1. The van der Waals surface area contributed by atoms with Gasteiger partial charge < -0.3 is 15.4 Å². The van der Waals surface area contributed by atoms with Crippen LogP contribution in [-0.4, -0.2) is 32.7 Å². The fourth-order valence-corrected chi connectivity index (χ4v) is 3.49. The second-order valence-corrected chi connectivity index (χ2v) is 6.86. The van der Waals surface area contributed by atoms with E-state index in [1.807, 2.05) is 18.2 Å². The first kappa shape index (κ1) is 22.6. The van der Waals surface area contributed by atoms with Crippen LogP contribution in [0.15, 0.2) is 59.6 Å². The summed E-state index contributed by atoms with van der Waals surface area (Å²) in [5, 5.41) is 6.76. The maximum absolute atomic E-state index is 13.0. The van der Waals surface area contributed by atoms with Gasteiger partial charge in [0.2, 0.25) is 0 Å². The molecule has 2 aromatic carbocycles. The van der Waals surface area contributed by atoms with Crippen LogP contribution in [0.1, 0.15) is 30.1 Å². The predicted octanol–water partition coefficient (Wildman–Crippen LogP) is 4.32. The van der Waals surface area contributed by atoms with Crippen LogP contribution in [0.2, 0.25) is 0 Å². The molecule has 3 rings (SSSR count). The average molecular weight is 497 g/mol. The standard InChI is InChI=1S/C22H28FN3O.HI/c1-24-22(25-14-13-17-9-11-20(23)12-10-17)26-16-19-8-5-15-27-21(19)18-6-3-2-4-7-18;/h2-4,6-7,9-12,19,21H,5,8,13-16H2,1H3,(H2,24,25,26);1H. The lowest BCUT2D eigenvalue weighted by atomic mass is 9.89. The minimum absolute atomic E-state index is 0. The molecular weight excluding hydrogens is 468 g/mol. The van der Waals surface area contributed by atoms with Gasteiger partial charge in [-0.3, -0.25) is 4.99 Å². The fourth-order valence-electron chi connectivity index (χ4n) is 3.49. The molecule has 2 unspecified atom stereocenters. The lowest BCUT2D eigenvalue weighted by Crippen LogP contribution is -2.42. The van der Waals surface area contributed by atoms with E-state index in [1.165, 1.54) is 17.7 Å². The van der Waals surface area contributed by atoms with Gasteiger partial charge in [-0.25, -0.2) is 4.39 Å². The second-order valence-electron chi connectivity index (χ2n) is 6.86. The van der Waals surface area contributed by atoms with Crippen LogP contribution in [0.25, 0.3) is 0 Å². The molecule has 1 heterocycles. The van der Waals surface area contributed by atoms with Gasteiger partial charge in [-0.1, -0.05) is 42.5 Å². The minimum atomic E-state index is -0.202. The third kappa shape index (κ3) is 6.74. The summed E-state index contributed by atoms with van der Waals surface area (Å²) in [7, 11) is 1.78. The largest absolute Gasteiger partial charge is 0.373 e. The molecule has 0 saturated carbocycles. The van der Waals surface area contributed by atoms with E-state index in [2.05, 4.69) is 39.9 Å². The summed E-state index contributed by atoms with van der Waals surface area (Å²) in [6.45, 7) is 2.38. The number of hydrogen-bond donors (Lipinski definition) is 2. The highest BCUT2D eigenvalue weighted by Crippen LogP contribution is 2.32. The Kier molecular flexibility index (Phi) is 9.70. The molecule has 1 fully saturated rings. The van der Waals surface area contributed by atoms with Crippen LogP contribution in [-0.2, 0) is 11.2 Å². The SMILES string of the molecule is CN=C(NCCc1ccc(F)cc1)NCC1CCCOC1c1ccccc1.I. The Morgan fingerprint density at radius 2 is 1.86 bits per heavy atom. The van der Waals surface area contributed by atoms with Crippen LogP contribution in [0.3, 0.4) is 0 Å². The third-order valence-corrected chi connectivity index (χ3v) is 4.95. The molecule has 1 aliphatic heterocycles. The Labute approximate surface area is 184 Å². The van der Waals surface area contributed by atoms with Crippen molar-refractivity contribution in [2.24, 2.45) is 10.9 Å². The van der Waals surface area contributed by atoms with Gasteiger partial charge in [0, 0.05) is 32.7 Å². The summed E-state index contributed by atoms with van der Waals surface area (Å²) >= 11 is 0. The quantitative estimate of drug-likeness (QED) is 0.355. The average Bonchev–Trinajstić information content (AvgIpc) is 2.73. The molecule has 0 amide bonds. The van der Waals surface area contributed by atoms with Gasteiger partial charge in [-0.2, -0.15) is 0 Å². The summed E-state index contributed by atoms with van der Waals surface area (Å²) < 4.78 is 19.0. The normalized spacial score (nSPS) is 19.6. The van der Waals surface area contributed by atoms with Crippen molar-refractivity contribution >= 4 is 29.9 Å². The van der Waals surface area contributed by atoms with Gasteiger partial charge in [0.1, 0.15) is 5.82 Å². The predicted molar refractivity (Wildman–Crippen MR) is 123 cm³/mol. The number of aliphatic imine (C=N–C) groups is 1. The Balaban J connectivity index is 0.00000280. The molecule has 2 N–H and O–H groups in total. The number of rotatable bonds is 6. The molecular formula is C22H29FIN3O. The smallest absolute Gasteiger partial charge is 0.190 e. The molecule has 1 aliphatic rings. The van der Waals surface area contributed by atoms with Gasteiger partial charge in [-0.05, 0) is 42.5 Å². The lowest BCUT2D eigenvalue weighted by molar-refractivity contribution is -0.0265. The van der Waals surface area contributed by atoms with E-state index in [4.69, 9.17) is 4.74 Å². The van der Waals surface area contributed by atoms with Crippen LogP contribution >= 0.6 is 24.0 Å². The van der Waals surface area contributed by atoms with Gasteiger partial charge in [0.25, 0.3) is 0 Å². The monoisotopic (exact) mass is 497 g/mol. The van der Waals surface area contributed by atoms with E-state index >= 15 is 0 Å². The van der Waals surface area contributed by atoms with Crippen molar-refractivity contribution < 1.29 is 9.13 Å². The van der Waals surface area contributed by atoms with Crippen molar-refractivity contribution in [3.63, 3.8) is 0 Å². The number of hydrogen-bond acceptors (Lipinski definition) is 2. The molecule has 2 aromatic rings. The number of benzene rings is 2. The molecule has 0 radical (unpaired) electrons. The zero-order valence-electron chi connectivity index (χ0n) is 16.2. The van der Waals surface area contributed by atoms with E-state index < -0.39 is 0 Å². The van der Waals surface area contributed by atoms with Crippen molar-refractivity contribution in [2.45, 2.75) is 25.4 Å². The summed E-state index contributed by atoms with van der Waals surface area (Å²) in [6.07, 6.45) is 3.18. The Bertz CT molecular complexity index is 724. The fraction of sp³-hybridized carbons (Fsp3) is 0.409. The Morgan fingerprint density at radius 3 is 2.57 bits per heavy atom. The first-order valence-corrected chi connectivity index (χ1v) is 9.62. The highest BCUT2D eigenvalue weighted by molar-refractivity contribution is 14.0. The maximum Gasteiger partial charge on any atom is 0.190 e. The molecule has 0 aliphatic carbocycles. The molecule has 4 nitrogen and oxygen atoms in total. The molecule has 6 heteroatoms. The minimum Gasteiger partial charge on any atom is -0.373 e.